The molecule has 5 nitrogen and oxygen atoms in total. The van der Waals surface area contributed by atoms with Gasteiger partial charge < -0.3 is 15.5 Å². The molecule has 1 aliphatic heterocycles. The van der Waals surface area contributed by atoms with E-state index in [1.54, 1.807) is 0 Å². The van der Waals surface area contributed by atoms with Crippen LogP contribution in [0.2, 0.25) is 0 Å². The van der Waals surface area contributed by atoms with Crippen molar-refractivity contribution in [3.8, 4) is 0 Å². The van der Waals surface area contributed by atoms with Crippen molar-refractivity contribution in [3.63, 3.8) is 0 Å². The van der Waals surface area contributed by atoms with Gasteiger partial charge in [0.2, 0.25) is 0 Å². The lowest BCUT2D eigenvalue weighted by Crippen LogP contribution is -2.37. The highest BCUT2D eigenvalue weighted by atomic mass is 16.2. The minimum Gasteiger partial charge on any atom is -0.359 e. The molecule has 29 heavy (non-hydrogen) atoms. The number of fused-ring (bicyclic) bond motifs is 1. The van der Waals surface area contributed by atoms with E-state index >= 15 is 0 Å². The number of rotatable bonds is 7. The number of carbonyl (C=O) groups is 1. The average Bonchev–Trinajstić information content (AvgIpc) is 2.94. The van der Waals surface area contributed by atoms with Crippen LogP contribution in [-0.2, 0) is 12.8 Å². The van der Waals surface area contributed by atoms with Gasteiger partial charge in [0.25, 0.3) is 0 Å². The zero-order chi connectivity index (χ0) is 20.6. The summed E-state index contributed by atoms with van der Waals surface area (Å²) >= 11 is 0. The molecule has 0 unspecified atom stereocenters. The van der Waals surface area contributed by atoms with Crippen LogP contribution in [0.1, 0.15) is 50.8 Å². The molecule has 1 aliphatic carbocycles. The predicted molar refractivity (Wildman–Crippen MR) is 120 cm³/mol. The average molecular weight is 395 g/mol. The number of aryl methyl sites for hydroxylation is 1. The summed E-state index contributed by atoms with van der Waals surface area (Å²) in [5, 5.41) is 5.94. The number of anilines is 1. The lowest BCUT2D eigenvalue weighted by atomic mass is 10.00. The third-order valence-electron chi connectivity index (χ3n) is 5.71. The maximum absolute atomic E-state index is 12.2. The normalized spacial score (nSPS) is 16.2. The molecule has 2 amide bonds. The van der Waals surface area contributed by atoms with Crippen LogP contribution < -0.4 is 15.5 Å². The fourth-order valence-electron chi connectivity index (χ4n) is 4.03. The van der Waals surface area contributed by atoms with Crippen LogP contribution >= 0.6 is 0 Å². The topological polar surface area (TPSA) is 57.3 Å². The first-order valence-corrected chi connectivity index (χ1v) is 10.9. The van der Waals surface area contributed by atoms with E-state index in [2.05, 4.69) is 66.8 Å². The molecule has 5 heteroatoms. The van der Waals surface area contributed by atoms with E-state index in [0.717, 1.165) is 50.2 Å². The van der Waals surface area contributed by atoms with Gasteiger partial charge in [-0.1, -0.05) is 38.1 Å². The van der Waals surface area contributed by atoms with Crippen molar-refractivity contribution >= 4 is 11.8 Å². The highest BCUT2D eigenvalue weighted by molar-refractivity contribution is 5.74. The van der Waals surface area contributed by atoms with Crippen LogP contribution in [0.15, 0.2) is 47.1 Å². The predicted octanol–water partition coefficient (Wildman–Crippen LogP) is 4.31. The molecule has 0 saturated carbocycles. The van der Waals surface area contributed by atoms with Gasteiger partial charge in [0.15, 0.2) is 0 Å². The molecule has 0 fully saturated rings. The molecular weight excluding hydrogens is 360 g/mol. The van der Waals surface area contributed by atoms with Gasteiger partial charge in [-0.25, -0.2) is 9.78 Å². The van der Waals surface area contributed by atoms with Crippen molar-refractivity contribution in [2.75, 3.05) is 31.6 Å². The molecule has 2 aliphatic rings. The highest BCUT2D eigenvalue weighted by Crippen LogP contribution is 2.24. The van der Waals surface area contributed by atoms with Crippen LogP contribution in [0.4, 0.5) is 10.6 Å². The summed E-state index contributed by atoms with van der Waals surface area (Å²) in [6.45, 7) is 6.58. The second-order valence-corrected chi connectivity index (χ2v) is 7.79. The van der Waals surface area contributed by atoms with Crippen LogP contribution in [-0.4, -0.2) is 37.7 Å². The molecular formula is C24H34N4O. The minimum atomic E-state index is -0.125. The Morgan fingerprint density at radius 2 is 1.97 bits per heavy atom. The highest BCUT2D eigenvalue weighted by Gasteiger charge is 2.15. The van der Waals surface area contributed by atoms with Crippen molar-refractivity contribution in [2.24, 2.45) is 0 Å². The quantitative estimate of drug-likeness (QED) is 0.725. The van der Waals surface area contributed by atoms with Crippen LogP contribution in [0, 0.1) is 0 Å². The number of nitrogens with one attached hydrogen (secondary N) is 2. The summed E-state index contributed by atoms with van der Waals surface area (Å²) in [5.41, 5.74) is 6.33. The second kappa shape index (κ2) is 10.3. The molecule has 156 valence electrons. The summed E-state index contributed by atoms with van der Waals surface area (Å²) in [6, 6.07) is 4.14. The monoisotopic (exact) mass is 394 g/mol. The van der Waals surface area contributed by atoms with Gasteiger partial charge in [0, 0.05) is 38.8 Å². The van der Waals surface area contributed by atoms with Gasteiger partial charge in [0.1, 0.15) is 5.82 Å². The largest absolute Gasteiger partial charge is 0.359 e. The molecule has 0 spiro atoms. The summed E-state index contributed by atoms with van der Waals surface area (Å²) in [6.07, 6.45) is 12.8. The third-order valence-corrected chi connectivity index (χ3v) is 5.71. The smallest absolute Gasteiger partial charge is 0.315 e. The van der Waals surface area contributed by atoms with Gasteiger partial charge in [-0.05, 0) is 60.5 Å². The molecule has 1 aromatic heterocycles. The first-order valence-electron chi connectivity index (χ1n) is 10.9. The van der Waals surface area contributed by atoms with E-state index in [1.807, 2.05) is 0 Å². The number of hydrogen-bond donors (Lipinski definition) is 2. The third kappa shape index (κ3) is 5.72. The number of allylic oxidation sites excluding steroid dienone is 4. The van der Waals surface area contributed by atoms with Gasteiger partial charge in [-0.2, -0.15) is 0 Å². The summed E-state index contributed by atoms with van der Waals surface area (Å²) in [7, 11) is 2.10. The lowest BCUT2D eigenvalue weighted by Gasteiger charge is -2.26. The molecule has 0 aromatic carbocycles. The van der Waals surface area contributed by atoms with E-state index in [9.17, 15) is 4.79 Å². The number of urea groups is 1. The maximum atomic E-state index is 12.2. The Morgan fingerprint density at radius 1 is 1.14 bits per heavy atom. The molecule has 3 rings (SSSR count). The van der Waals surface area contributed by atoms with Crippen molar-refractivity contribution in [2.45, 2.75) is 52.4 Å². The fourth-order valence-corrected chi connectivity index (χ4v) is 4.03. The van der Waals surface area contributed by atoms with E-state index in [4.69, 9.17) is 4.98 Å². The molecule has 0 radical (unpaired) electrons. The summed E-state index contributed by atoms with van der Waals surface area (Å²) < 4.78 is 0. The summed E-state index contributed by atoms with van der Waals surface area (Å²) in [5.74, 6) is 1.09. The van der Waals surface area contributed by atoms with Crippen molar-refractivity contribution in [3.05, 3.63) is 58.3 Å². The Morgan fingerprint density at radius 3 is 2.76 bits per heavy atom. The number of nitrogens with zero attached hydrogens (tertiary/aromatic N) is 2. The molecule has 2 heterocycles. The molecule has 2 N–H and O–H groups in total. The first kappa shape index (κ1) is 21.2. The Labute approximate surface area is 175 Å². The number of aromatic nitrogens is 1. The SMILES string of the molecule is CCC1=CCC=C(CNC(=O)NCCc2ccc3c(n2)N(C)CCC3)C=C1CC. The second-order valence-electron chi connectivity index (χ2n) is 7.79. The first-order chi connectivity index (χ1) is 14.1. The van der Waals surface area contributed by atoms with Crippen molar-refractivity contribution in [1.82, 2.24) is 15.6 Å². The van der Waals surface area contributed by atoms with Gasteiger partial charge in [-0.3, -0.25) is 0 Å². The van der Waals surface area contributed by atoms with Crippen molar-refractivity contribution < 1.29 is 4.79 Å². The summed E-state index contributed by atoms with van der Waals surface area (Å²) in [4.78, 5) is 19.2. The fraction of sp³-hybridized carbons (Fsp3) is 0.500. The van der Waals surface area contributed by atoms with Crippen LogP contribution in [0.3, 0.4) is 0 Å². The Hall–Kier alpha value is -2.56. The zero-order valence-electron chi connectivity index (χ0n) is 18.1. The Kier molecular flexibility index (Phi) is 7.50. The number of pyridine rings is 1. The minimum absolute atomic E-state index is 0.125. The van der Waals surface area contributed by atoms with Gasteiger partial charge in [-0.15, -0.1) is 0 Å². The van der Waals surface area contributed by atoms with Gasteiger partial charge in [0.05, 0.1) is 0 Å². The Bertz CT molecular complexity index is 822. The van der Waals surface area contributed by atoms with E-state index < -0.39 is 0 Å². The molecule has 0 bridgehead atoms. The Balaban J connectivity index is 1.45. The lowest BCUT2D eigenvalue weighted by molar-refractivity contribution is 0.242. The number of amides is 2. The standard InChI is InChI=1S/C24H34N4O/c1-4-19-9-6-8-18(16-20(19)5-2)17-26-24(29)25-14-13-22-12-11-21-10-7-15-28(3)23(21)27-22/h8-9,11-12,16H,4-7,10,13-15,17H2,1-3H3,(H2,25,26,29). The van der Waals surface area contributed by atoms with Crippen molar-refractivity contribution in [1.29, 1.82) is 0 Å². The van der Waals surface area contributed by atoms with Gasteiger partial charge >= 0.3 is 6.03 Å². The molecule has 0 atom stereocenters. The van der Waals surface area contributed by atoms with Crippen LogP contribution in [0.5, 0.6) is 0 Å². The van der Waals surface area contributed by atoms with E-state index in [-0.39, 0.29) is 6.03 Å². The zero-order valence-corrected chi connectivity index (χ0v) is 18.1. The van der Waals surface area contributed by atoms with E-state index in [1.165, 1.54) is 28.7 Å². The molecule has 0 saturated heterocycles. The van der Waals surface area contributed by atoms with E-state index in [0.29, 0.717) is 13.1 Å². The number of hydrogen-bond acceptors (Lipinski definition) is 3. The van der Waals surface area contributed by atoms with Crippen LogP contribution in [0.25, 0.3) is 0 Å². The number of carbonyl (C=O) groups excluding carboxylic acids is 1. The molecule has 1 aromatic rings. The maximum Gasteiger partial charge on any atom is 0.315 e.